The van der Waals surface area contributed by atoms with Crippen molar-refractivity contribution in [1.29, 1.82) is 0 Å². The highest BCUT2D eigenvalue weighted by Gasteiger charge is 1.98. The maximum absolute atomic E-state index is 5.73. The minimum Gasteiger partial charge on any atom is -0.489 e. The van der Waals surface area contributed by atoms with Crippen LogP contribution in [0.25, 0.3) is 0 Å². The lowest BCUT2D eigenvalue weighted by molar-refractivity contribution is -0.652. The summed E-state index contributed by atoms with van der Waals surface area (Å²) in [5.74, 6) is 1.75. The van der Waals surface area contributed by atoms with E-state index >= 15 is 0 Å². The second kappa shape index (κ2) is 8.23. The van der Waals surface area contributed by atoms with Crippen molar-refractivity contribution in [2.24, 2.45) is 0 Å². The molecule has 3 nitrogen and oxygen atoms in total. The average molecular weight is 272 g/mol. The Morgan fingerprint density at radius 1 is 0.850 bits per heavy atom. The van der Waals surface area contributed by atoms with Crippen molar-refractivity contribution < 1.29 is 14.8 Å². The van der Waals surface area contributed by atoms with Gasteiger partial charge >= 0.3 is 0 Å². The molecule has 0 atom stereocenters. The van der Waals surface area contributed by atoms with E-state index in [4.69, 9.17) is 9.47 Å². The molecule has 2 aromatic rings. The van der Waals surface area contributed by atoms with Gasteiger partial charge in [0.1, 0.15) is 31.3 Å². The molecule has 0 bridgehead atoms. The number of hydrogen-bond donors (Lipinski definition) is 1. The van der Waals surface area contributed by atoms with E-state index in [0.29, 0.717) is 6.61 Å². The molecule has 0 saturated carbocycles. The van der Waals surface area contributed by atoms with Gasteiger partial charge in [-0.25, -0.2) is 0 Å². The molecule has 2 N–H and O–H groups in total. The van der Waals surface area contributed by atoms with E-state index in [1.165, 1.54) is 5.56 Å². The molecule has 2 rings (SSSR count). The quantitative estimate of drug-likeness (QED) is 0.748. The molecule has 0 aliphatic carbocycles. The Balaban J connectivity index is 1.76. The van der Waals surface area contributed by atoms with Crippen LogP contribution in [0.3, 0.4) is 0 Å². The fraction of sp³-hybridized carbons (Fsp3) is 0.294. The van der Waals surface area contributed by atoms with Crippen molar-refractivity contribution in [3.05, 3.63) is 60.2 Å². The Bertz CT molecular complexity index is 482. The van der Waals surface area contributed by atoms with Crippen molar-refractivity contribution in [3.63, 3.8) is 0 Å². The standard InChI is InChI=1S/C17H21NO2/c1-2-18-12-13-19-16-8-10-17(11-9-16)20-14-15-6-4-3-5-7-15/h3-11,18H,2,12-14H2,1H3/p+1. The van der Waals surface area contributed by atoms with Gasteiger partial charge in [-0.1, -0.05) is 30.3 Å². The van der Waals surface area contributed by atoms with Crippen LogP contribution >= 0.6 is 0 Å². The number of rotatable bonds is 8. The molecule has 0 aromatic heterocycles. The molecule has 0 fully saturated rings. The Kier molecular flexibility index (Phi) is 5.93. The van der Waals surface area contributed by atoms with Crippen LogP contribution < -0.4 is 14.8 Å². The van der Waals surface area contributed by atoms with Gasteiger partial charge in [-0.05, 0) is 36.8 Å². The highest BCUT2D eigenvalue weighted by molar-refractivity contribution is 5.31. The SMILES string of the molecule is CC[NH2+]CCOc1ccc(OCc2ccccc2)cc1. The van der Waals surface area contributed by atoms with Gasteiger partial charge in [0.15, 0.2) is 0 Å². The molecule has 0 radical (unpaired) electrons. The molecule has 0 saturated heterocycles. The monoisotopic (exact) mass is 272 g/mol. The number of hydrogen-bond acceptors (Lipinski definition) is 2. The predicted octanol–water partition coefficient (Wildman–Crippen LogP) is 2.23. The van der Waals surface area contributed by atoms with Crippen molar-refractivity contribution in [2.45, 2.75) is 13.5 Å². The van der Waals surface area contributed by atoms with Gasteiger partial charge in [0, 0.05) is 0 Å². The maximum Gasteiger partial charge on any atom is 0.137 e. The third-order valence-corrected chi connectivity index (χ3v) is 2.95. The topological polar surface area (TPSA) is 35.1 Å². The summed E-state index contributed by atoms with van der Waals surface area (Å²) in [6, 6.07) is 17.9. The first-order chi connectivity index (χ1) is 9.88. The largest absolute Gasteiger partial charge is 0.489 e. The van der Waals surface area contributed by atoms with Crippen molar-refractivity contribution in [1.82, 2.24) is 0 Å². The minimum atomic E-state index is 0.590. The van der Waals surface area contributed by atoms with Crippen LogP contribution in [0.5, 0.6) is 11.5 Å². The second-order valence-corrected chi connectivity index (χ2v) is 4.58. The van der Waals surface area contributed by atoms with Crippen molar-refractivity contribution in [2.75, 3.05) is 19.7 Å². The molecular formula is C17H22NO2+. The van der Waals surface area contributed by atoms with Gasteiger partial charge in [-0.2, -0.15) is 0 Å². The Morgan fingerprint density at radius 3 is 2.15 bits per heavy atom. The summed E-state index contributed by atoms with van der Waals surface area (Å²) in [4.78, 5) is 0. The zero-order valence-corrected chi connectivity index (χ0v) is 11.9. The van der Waals surface area contributed by atoms with Crippen LogP contribution in [0.4, 0.5) is 0 Å². The number of likely N-dealkylation sites (N-methyl/N-ethyl adjacent to an activating group) is 1. The Morgan fingerprint density at radius 2 is 1.50 bits per heavy atom. The van der Waals surface area contributed by atoms with E-state index in [1.807, 2.05) is 42.5 Å². The molecule has 0 heterocycles. The highest BCUT2D eigenvalue weighted by atomic mass is 16.5. The first-order valence-corrected chi connectivity index (χ1v) is 7.09. The summed E-state index contributed by atoms with van der Waals surface area (Å²) >= 11 is 0. The minimum absolute atomic E-state index is 0.590. The summed E-state index contributed by atoms with van der Waals surface area (Å²) in [6.07, 6.45) is 0. The Labute approximate surface area is 120 Å². The van der Waals surface area contributed by atoms with Crippen LogP contribution in [0.15, 0.2) is 54.6 Å². The van der Waals surface area contributed by atoms with Crippen LogP contribution in [0.2, 0.25) is 0 Å². The molecule has 3 heteroatoms. The van der Waals surface area contributed by atoms with Gasteiger partial charge in [0.05, 0.1) is 6.54 Å². The zero-order chi connectivity index (χ0) is 14.0. The summed E-state index contributed by atoms with van der Waals surface area (Å²) in [7, 11) is 0. The normalized spacial score (nSPS) is 10.2. The highest BCUT2D eigenvalue weighted by Crippen LogP contribution is 2.18. The van der Waals surface area contributed by atoms with E-state index < -0.39 is 0 Å². The fourth-order valence-corrected chi connectivity index (χ4v) is 1.84. The van der Waals surface area contributed by atoms with Crippen LogP contribution in [0, 0.1) is 0 Å². The molecule has 20 heavy (non-hydrogen) atoms. The van der Waals surface area contributed by atoms with Gasteiger partial charge in [-0.15, -0.1) is 0 Å². The summed E-state index contributed by atoms with van der Waals surface area (Å²) < 4.78 is 11.4. The van der Waals surface area contributed by atoms with E-state index in [-0.39, 0.29) is 0 Å². The summed E-state index contributed by atoms with van der Waals surface area (Å²) in [6.45, 7) is 5.54. The smallest absolute Gasteiger partial charge is 0.137 e. The molecule has 106 valence electrons. The van der Waals surface area contributed by atoms with E-state index in [9.17, 15) is 0 Å². The molecule has 0 amide bonds. The molecule has 0 unspecified atom stereocenters. The first-order valence-electron chi connectivity index (χ1n) is 7.09. The van der Waals surface area contributed by atoms with Gasteiger partial charge in [-0.3, -0.25) is 0 Å². The second-order valence-electron chi connectivity index (χ2n) is 4.58. The van der Waals surface area contributed by atoms with Gasteiger partial charge in [0.2, 0.25) is 0 Å². The zero-order valence-electron chi connectivity index (χ0n) is 11.9. The molecular weight excluding hydrogens is 250 g/mol. The van der Waals surface area contributed by atoms with E-state index in [1.54, 1.807) is 0 Å². The number of quaternary nitrogens is 1. The molecule has 0 aliphatic rings. The maximum atomic E-state index is 5.73. The molecule has 0 aliphatic heterocycles. The lowest BCUT2D eigenvalue weighted by atomic mass is 10.2. The van der Waals surface area contributed by atoms with Crippen LogP contribution in [0.1, 0.15) is 12.5 Å². The van der Waals surface area contributed by atoms with Crippen molar-refractivity contribution in [3.8, 4) is 11.5 Å². The number of benzene rings is 2. The lowest BCUT2D eigenvalue weighted by Crippen LogP contribution is -2.84. The first kappa shape index (κ1) is 14.4. The molecule has 2 aromatic carbocycles. The number of nitrogens with two attached hydrogens (primary N) is 1. The van der Waals surface area contributed by atoms with E-state index in [2.05, 4.69) is 24.4 Å². The molecule has 0 spiro atoms. The fourth-order valence-electron chi connectivity index (χ4n) is 1.84. The summed E-state index contributed by atoms with van der Waals surface area (Å²) in [5, 5.41) is 2.22. The van der Waals surface area contributed by atoms with Gasteiger partial charge in [0.25, 0.3) is 0 Å². The van der Waals surface area contributed by atoms with Crippen LogP contribution in [-0.2, 0) is 6.61 Å². The summed E-state index contributed by atoms with van der Waals surface area (Å²) in [5.41, 5.74) is 1.17. The van der Waals surface area contributed by atoms with E-state index in [0.717, 1.165) is 31.2 Å². The number of ether oxygens (including phenoxy) is 2. The lowest BCUT2D eigenvalue weighted by Gasteiger charge is -2.08. The van der Waals surface area contributed by atoms with Gasteiger partial charge < -0.3 is 14.8 Å². The van der Waals surface area contributed by atoms with Crippen LogP contribution in [-0.4, -0.2) is 19.7 Å². The predicted molar refractivity (Wildman–Crippen MR) is 80.0 cm³/mol. The Hall–Kier alpha value is -2.00. The third-order valence-electron chi connectivity index (χ3n) is 2.95. The average Bonchev–Trinajstić information content (AvgIpc) is 2.52. The van der Waals surface area contributed by atoms with Crippen molar-refractivity contribution >= 4 is 0 Å². The third kappa shape index (κ3) is 4.94.